The second kappa shape index (κ2) is 9.08. The van der Waals surface area contributed by atoms with E-state index in [0.29, 0.717) is 29.4 Å². The summed E-state index contributed by atoms with van der Waals surface area (Å²) in [5, 5.41) is 2.86. The number of hydrogen-bond acceptors (Lipinski definition) is 5. The van der Waals surface area contributed by atoms with Crippen LogP contribution in [0, 0.1) is 0 Å². The fraction of sp³-hybridized carbons (Fsp3) is 0.278. The Morgan fingerprint density at radius 3 is 2.29 bits per heavy atom. The molecule has 2 rings (SSSR count). The van der Waals surface area contributed by atoms with Gasteiger partial charge in [-0.1, -0.05) is 0 Å². The van der Waals surface area contributed by atoms with Crippen molar-refractivity contribution in [2.24, 2.45) is 0 Å². The second-order valence-electron chi connectivity index (χ2n) is 4.89. The molecule has 24 heavy (non-hydrogen) atoms. The van der Waals surface area contributed by atoms with Crippen molar-refractivity contribution in [1.29, 1.82) is 0 Å². The number of hydrogen-bond donors (Lipinski definition) is 1. The molecule has 0 atom stereocenters. The lowest BCUT2D eigenvalue weighted by atomic mass is 10.2. The summed E-state index contributed by atoms with van der Waals surface area (Å²) in [4.78, 5) is 13.1. The first kappa shape index (κ1) is 18.0. The highest BCUT2D eigenvalue weighted by Gasteiger charge is 2.07. The zero-order valence-electron chi connectivity index (χ0n) is 14.0. The van der Waals surface area contributed by atoms with Crippen LogP contribution < -0.4 is 19.5 Å². The molecule has 2 aromatic rings. The summed E-state index contributed by atoms with van der Waals surface area (Å²) in [6.45, 7) is 0. The molecule has 128 valence electrons. The summed E-state index contributed by atoms with van der Waals surface area (Å²) in [7, 11) is 4.78. The van der Waals surface area contributed by atoms with Crippen molar-refractivity contribution in [3.63, 3.8) is 0 Å². The smallest absolute Gasteiger partial charge is 0.225 e. The van der Waals surface area contributed by atoms with Gasteiger partial charge in [0.05, 0.1) is 21.3 Å². The molecule has 0 radical (unpaired) electrons. The monoisotopic (exact) mass is 347 g/mol. The van der Waals surface area contributed by atoms with Gasteiger partial charge in [-0.2, -0.15) is 0 Å². The van der Waals surface area contributed by atoms with E-state index in [2.05, 4.69) is 5.32 Å². The molecule has 0 saturated heterocycles. The summed E-state index contributed by atoms with van der Waals surface area (Å²) in [6, 6.07) is 13.1. The van der Waals surface area contributed by atoms with Crippen LogP contribution in [0.4, 0.5) is 5.69 Å². The van der Waals surface area contributed by atoms with Crippen LogP contribution in [0.3, 0.4) is 0 Å². The predicted octanol–water partition coefficient (Wildman–Crippen LogP) is 3.83. The third kappa shape index (κ3) is 5.09. The number of thioether (sulfide) groups is 1. The lowest BCUT2D eigenvalue weighted by Gasteiger charge is -2.10. The maximum Gasteiger partial charge on any atom is 0.225 e. The first-order valence-electron chi connectivity index (χ1n) is 7.45. The van der Waals surface area contributed by atoms with E-state index in [9.17, 15) is 4.79 Å². The zero-order valence-corrected chi connectivity index (χ0v) is 14.8. The average molecular weight is 347 g/mol. The van der Waals surface area contributed by atoms with Crippen LogP contribution in [0.1, 0.15) is 6.42 Å². The molecule has 0 fully saturated rings. The Balaban J connectivity index is 1.82. The summed E-state index contributed by atoms with van der Waals surface area (Å²) in [6.07, 6.45) is 0.422. The third-order valence-corrected chi connectivity index (χ3v) is 4.34. The van der Waals surface area contributed by atoms with Gasteiger partial charge in [-0.05, 0) is 36.4 Å². The van der Waals surface area contributed by atoms with Crippen molar-refractivity contribution >= 4 is 23.4 Å². The van der Waals surface area contributed by atoms with E-state index in [1.165, 1.54) is 0 Å². The molecule has 1 amide bonds. The van der Waals surface area contributed by atoms with Crippen LogP contribution in [-0.4, -0.2) is 33.0 Å². The minimum atomic E-state index is -0.0387. The van der Waals surface area contributed by atoms with Gasteiger partial charge in [-0.25, -0.2) is 0 Å². The molecule has 0 spiro atoms. The van der Waals surface area contributed by atoms with Crippen molar-refractivity contribution in [3.8, 4) is 17.2 Å². The Morgan fingerprint density at radius 2 is 1.67 bits per heavy atom. The number of carbonyl (C=O) groups excluding carboxylic acids is 1. The molecule has 5 nitrogen and oxygen atoms in total. The number of anilines is 1. The van der Waals surface area contributed by atoms with Crippen LogP contribution in [-0.2, 0) is 4.79 Å². The normalized spacial score (nSPS) is 10.1. The fourth-order valence-electron chi connectivity index (χ4n) is 2.07. The number of carbonyl (C=O) groups is 1. The van der Waals surface area contributed by atoms with E-state index >= 15 is 0 Å². The van der Waals surface area contributed by atoms with Gasteiger partial charge in [-0.15, -0.1) is 11.8 Å². The van der Waals surface area contributed by atoms with Crippen LogP contribution >= 0.6 is 11.8 Å². The third-order valence-electron chi connectivity index (χ3n) is 3.32. The van der Waals surface area contributed by atoms with Gasteiger partial charge in [0.2, 0.25) is 5.91 Å². The van der Waals surface area contributed by atoms with Gasteiger partial charge in [0.15, 0.2) is 11.5 Å². The molecular weight excluding hydrogens is 326 g/mol. The molecule has 1 N–H and O–H groups in total. The van der Waals surface area contributed by atoms with Crippen LogP contribution in [0.15, 0.2) is 47.4 Å². The van der Waals surface area contributed by atoms with E-state index < -0.39 is 0 Å². The molecular formula is C18H21NO4S. The first-order chi connectivity index (χ1) is 11.7. The Morgan fingerprint density at radius 1 is 0.958 bits per heavy atom. The Kier molecular flexibility index (Phi) is 6.81. The summed E-state index contributed by atoms with van der Waals surface area (Å²) in [5.74, 6) is 2.70. The number of benzene rings is 2. The quantitative estimate of drug-likeness (QED) is 0.736. The number of amides is 1. The molecule has 6 heteroatoms. The van der Waals surface area contributed by atoms with Crippen molar-refractivity contribution in [2.45, 2.75) is 11.3 Å². The summed E-state index contributed by atoms with van der Waals surface area (Å²) >= 11 is 1.63. The fourth-order valence-corrected chi connectivity index (χ4v) is 2.92. The Labute approximate surface area is 146 Å². The van der Waals surface area contributed by atoms with Gasteiger partial charge in [-0.3, -0.25) is 4.79 Å². The minimum Gasteiger partial charge on any atom is -0.497 e. The van der Waals surface area contributed by atoms with Crippen LogP contribution in [0.25, 0.3) is 0 Å². The van der Waals surface area contributed by atoms with Crippen molar-refractivity contribution in [1.82, 2.24) is 0 Å². The van der Waals surface area contributed by atoms with Gasteiger partial charge in [0.1, 0.15) is 5.75 Å². The van der Waals surface area contributed by atoms with E-state index in [1.54, 1.807) is 51.3 Å². The van der Waals surface area contributed by atoms with Crippen molar-refractivity contribution in [2.75, 3.05) is 32.4 Å². The lowest BCUT2D eigenvalue weighted by Crippen LogP contribution is -2.12. The molecule has 0 heterocycles. The molecule has 0 unspecified atom stereocenters. The first-order valence-corrected chi connectivity index (χ1v) is 8.43. The molecule has 2 aromatic carbocycles. The minimum absolute atomic E-state index is 0.0387. The van der Waals surface area contributed by atoms with Crippen molar-refractivity contribution in [3.05, 3.63) is 42.5 Å². The molecule has 0 aromatic heterocycles. The van der Waals surface area contributed by atoms with Crippen LogP contribution in [0.2, 0.25) is 0 Å². The van der Waals surface area contributed by atoms with E-state index in [0.717, 1.165) is 10.6 Å². The maximum atomic E-state index is 12.0. The highest BCUT2D eigenvalue weighted by atomic mass is 32.2. The largest absolute Gasteiger partial charge is 0.497 e. The number of nitrogens with one attached hydrogen (secondary N) is 1. The summed E-state index contributed by atoms with van der Waals surface area (Å²) in [5.41, 5.74) is 0.687. The number of ether oxygens (including phenoxy) is 3. The van der Waals surface area contributed by atoms with Gasteiger partial charge in [0.25, 0.3) is 0 Å². The Hall–Kier alpha value is -2.34. The van der Waals surface area contributed by atoms with E-state index in [4.69, 9.17) is 14.2 Å². The number of methoxy groups -OCH3 is 3. The average Bonchev–Trinajstić information content (AvgIpc) is 2.62. The van der Waals surface area contributed by atoms with Gasteiger partial charge >= 0.3 is 0 Å². The van der Waals surface area contributed by atoms with E-state index in [1.807, 2.05) is 24.3 Å². The molecule has 0 aliphatic rings. The highest BCUT2D eigenvalue weighted by molar-refractivity contribution is 7.99. The molecule has 0 aliphatic carbocycles. The van der Waals surface area contributed by atoms with Gasteiger partial charge in [0, 0.05) is 28.8 Å². The predicted molar refractivity (Wildman–Crippen MR) is 96.5 cm³/mol. The van der Waals surface area contributed by atoms with E-state index in [-0.39, 0.29) is 5.91 Å². The Bertz CT molecular complexity index is 673. The maximum absolute atomic E-state index is 12.0. The lowest BCUT2D eigenvalue weighted by molar-refractivity contribution is -0.115. The topological polar surface area (TPSA) is 56.8 Å². The van der Waals surface area contributed by atoms with Crippen molar-refractivity contribution < 1.29 is 19.0 Å². The number of rotatable bonds is 8. The highest BCUT2D eigenvalue weighted by Crippen LogP contribution is 2.30. The second-order valence-corrected chi connectivity index (χ2v) is 6.06. The van der Waals surface area contributed by atoms with Crippen LogP contribution in [0.5, 0.6) is 17.2 Å². The van der Waals surface area contributed by atoms with Gasteiger partial charge < -0.3 is 19.5 Å². The zero-order chi connectivity index (χ0) is 17.4. The molecule has 0 aliphatic heterocycles. The summed E-state index contributed by atoms with van der Waals surface area (Å²) < 4.78 is 15.5. The standard InChI is InChI=1S/C18H21NO4S/c1-21-14-5-7-15(8-6-14)24-11-10-18(20)19-13-4-9-16(22-2)17(12-13)23-3/h4-9,12H,10-11H2,1-3H3,(H,19,20). The molecule has 0 saturated carbocycles. The molecule has 0 bridgehead atoms. The SMILES string of the molecule is COc1ccc(SCCC(=O)Nc2ccc(OC)c(OC)c2)cc1.